The van der Waals surface area contributed by atoms with Gasteiger partial charge in [-0.15, -0.1) is 0 Å². The zero-order valence-electron chi connectivity index (χ0n) is 17.4. The van der Waals surface area contributed by atoms with Gasteiger partial charge >= 0.3 is 0 Å². The van der Waals surface area contributed by atoms with Gasteiger partial charge in [0.05, 0.1) is 13.2 Å². The van der Waals surface area contributed by atoms with E-state index in [0.29, 0.717) is 17.1 Å². The van der Waals surface area contributed by atoms with E-state index in [4.69, 9.17) is 9.47 Å². The van der Waals surface area contributed by atoms with Crippen LogP contribution < -0.4 is 14.8 Å². The smallest absolute Gasteiger partial charge is 0.258 e. The Hall–Kier alpha value is -3.02. The van der Waals surface area contributed by atoms with Crippen LogP contribution in [0.25, 0.3) is 0 Å². The Kier molecular flexibility index (Phi) is 6.42. The number of aryl methyl sites for hydroxylation is 1. The Balaban J connectivity index is 1.72. The van der Waals surface area contributed by atoms with Crippen molar-refractivity contribution in [3.8, 4) is 11.5 Å². The van der Waals surface area contributed by atoms with E-state index in [0.717, 1.165) is 12.8 Å². The maximum atomic E-state index is 13.1. The topological polar surface area (TPSA) is 67.9 Å². The number of ether oxygens (including phenoxy) is 2. The highest BCUT2D eigenvalue weighted by molar-refractivity contribution is 5.95. The largest absolute Gasteiger partial charge is 0.493 e. The summed E-state index contributed by atoms with van der Waals surface area (Å²) in [6.45, 7) is 3.66. The number of hydrogen-bond acceptors (Lipinski definition) is 4. The van der Waals surface area contributed by atoms with Crippen molar-refractivity contribution in [3.63, 3.8) is 0 Å². The molecular weight excluding hydrogens is 368 g/mol. The second kappa shape index (κ2) is 8.99. The Bertz CT molecular complexity index is 894. The molecule has 0 fully saturated rings. The summed E-state index contributed by atoms with van der Waals surface area (Å²) in [6.07, 6.45) is 1.90. The summed E-state index contributed by atoms with van der Waals surface area (Å²) in [6, 6.07) is 13.4. The van der Waals surface area contributed by atoms with Gasteiger partial charge in [-0.25, -0.2) is 0 Å². The van der Waals surface area contributed by atoms with E-state index in [1.165, 1.54) is 18.2 Å². The molecule has 0 saturated heterocycles. The molecule has 0 heterocycles. The van der Waals surface area contributed by atoms with Crippen LogP contribution in [-0.2, 0) is 11.2 Å². The molecule has 2 amide bonds. The van der Waals surface area contributed by atoms with Gasteiger partial charge in [0.1, 0.15) is 0 Å². The second-order valence-corrected chi connectivity index (χ2v) is 7.55. The number of fused-ring (bicyclic) bond motifs is 1. The summed E-state index contributed by atoms with van der Waals surface area (Å²) in [5, 5.41) is 2.77. The van der Waals surface area contributed by atoms with Crippen molar-refractivity contribution >= 4 is 11.8 Å². The lowest BCUT2D eigenvalue weighted by Crippen LogP contribution is -2.34. The Morgan fingerprint density at radius 3 is 2.66 bits per heavy atom. The van der Waals surface area contributed by atoms with E-state index in [-0.39, 0.29) is 30.5 Å². The third-order valence-electron chi connectivity index (χ3n) is 5.11. The molecule has 29 heavy (non-hydrogen) atoms. The summed E-state index contributed by atoms with van der Waals surface area (Å²) in [4.78, 5) is 26.7. The molecule has 6 nitrogen and oxygen atoms in total. The summed E-state index contributed by atoms with van der Waals surface area (Å²) in [5.41, 5.74) is 3.04. The molecule has 3 rings (SSSR count). The van der Waals surface area contributed by atoms with Crippen molar-refractivity contribution in [1.29, 1.82) is 0 Å². The minimum Gasteiger partial charge on any atom is -0.493 e. The van der Waals surface area contributed by atoms with E-state index < -0.39 is 0 Å². The second-order valence-electron chi connectivity index (χ2n) is 7.55. The number of rotatable bonds is 7. The summed E-state index contributed by atoms with van der Waals surface area (Å²) in [5.74, 6) is 0.571. The molecule has 0 radical (unpaired) electrons. The van der Waals surface area contributed by atoms with Gasteiger partial charge in [-0.05, 0) is 56.0 Å². The first-order chi connectivity index (χ1) is 13.9. The summed E-state index contributed by atoms with van der Waals surface area (Å²) < 4.78 is 11.0. The standard InChI is InChI=1S/C23H28N2O4/c1-15(2)24-22(26)14-29-20-12-10-17(13-21(20)28-4)23(27)25(3)19-11-9-16-7-5-6-8-18(16)19/h5-8,10,12-13,15,19H,9,11,14H2,1-4H3,(H,24,26). The third kappa shape index (κ3) is 4.70. The highest BCUT2D eigenvalue weighted by atomic mass is 16.5. The minimum absolute atomic E-state index is 0.0456. The van der Waals surface area contributed by atoms with Gasteiger partial charge in [0.15, 0.2) is 18.1 Å². The average Bonchev–Trinajstić information content (AvgIpc) is 3.14. The summed E-state index contributed by atoms with van der Waals surface area (Å²) in [7, 11) is 3.35. The third-order valence-corrected chi connectivity index (χ3v) is 5.11. The molecule has 2 aromatic carbocycles. The first-order valence-electron chi connectivity index (χ1n) is 9.86. The fourth-order valence-corrected chi connectivity index (χ4v) is 3.71. The van der Waals surface area contributed by atoms with Crippen LogP contribution in [0.4, 0.5) is 0 Å². The number of nitrogens with zero attached hydrogens (tertiary/aromatic N) is 1. The molecule has 0 spiro atoms. The van der Waals surface area contributed by atoms with Gasteiger partial charge in [-0.2, -0.15) is 0 Å². The maximum Gasteiger partial charge on any atom is 0.258 e. The van der Waals surface area contributed by atoms with Gasteiger partial charge in [0, 0.05) is 18.7 Å². The molecule has 6 heteroatoms. The number of methoxy groups -OCH3 is 1. The molecule has 1 N–H and O–H groups in total. The van der Waals surface area contributed by atoms with E-state index in [1.807, 2.05) is 33.0 Å². The molecule has 0 aliphatic heterocycles. The Morgan fingerprint density at radius 2 is 1.93 bits per heavy atom. The van der Waals surface area contributed by atoms with Crippen molar-refractivity contribution in [1.82, 2.24) is 10.2 Å². The molecular formula is C23H28N2O4. The van der Waals surface area contributed by atoms with Gasteiger partial charge in [-0.3, -0.25) is 9.59 Å². The first kappa shape index (κ1) is 20.7. The number of carbonyl (C=O) groups excluding carboxylic acids is 2. The highest BCUT2D eigenvalue weighted by Gasteiger charge is 2.29. The van der Waals surface area contributed by atoms with E-state index >= 15 is 0 Å². The quantitative estimate of drug-likeness (QED) is 0.779. The predicted octanol–water partition coefficient (Wildman–Crippen LogP) is 3.36. The number of hydrogen-bond donors (Lipinski definition) is 1. The molecule has 154 valence electrons. The van der Waals surface area contributed by atoms with Crippen molar-refractivity contribution in [2.24, 2.45) is 0 Å². The predicted molar refractivity (Wildman–Crippen MR) is 111 cm³/mol. The normalized spacial score (nSPS) is 15.0. The van der Waals surface area contributed by atoms with E-state index in [9.17, 15) is 9.59 Å². The Morgan fingerprint density at radius 1 is 1.17 bits per heavy atom. The monoisotopic (exact) mass is 396 g/mol. The zero-order valence-corrected chi connectivity index (χ0v) is 17.4. The van der Waals surface area contributed by atoms with E-state index in [2.05, 4.69) is 17.4 Å². The number of benzene rings is 2. The van der Waals surface area contributed by atoms with Crippen LogP contribution in [0.3, 0.4) is 0 Å². The first-order valence-corrected chi connectivity index (χ1v) is 9.86. The number of carbonyl (C=O) groups is 2. The molecule has 2 aromatic rings. The average molecular weight is 396 g/mol. The molecule has 0 aromatic heterocycles. The van der Waals surface area contributed by atoms with E-state index in [1.54, 1.807) is 23.1 Å². The number of nitrogens with one attached hydrogen (secondary N) is 1. The molecule has 1 aliphatic carbocycles. The lowest BCUT2D eigenvalue weighted by molar-refractivity contribution is -0.123. The Labute approximate surface area is 171 Å². The fraction of sp³-hybridized carbons (Fsp3) is 0.391. The number of amides is 2. The fourth-order valence-electron chi connectivity index (χ4n) is 3.71. The molecule has 1 unspecified atom stereocenters. The molecule has 0 saturated carbocycles. The van der Waals surface area contributed by atoms with Crippen molar-refractivity contribution in [2.75, 3.05) is 20.8 Å². The van der Waals surface area contributed by atoms with Crippen LogP contribution in [0, 0.1) is 0 Å². The minimum atomic E-state index is -0.207. The maximum absolute atomic E-state index is 13.1. The van der Waals surface area contributed by atoms with Gasteiger partial charge < -0.3 is 19.7 Å². The van der Waals surface area contributed by atoms with Crippen LogP contribution in [-0.4, -0.2) is 43.5 Å². The van der Waals surface area contributed by atoms with Gasteiger partial charge in [0.2, 0.25) is 0 Å². The molecule has 1 aliphatic rings. The van der Waals surface area contributed by atoms with Crippen LogP contribution in [0.2, 0.25) is 0 Å². The lowest BCUT2D eigenvalue weighted by Gasteiger charge is -2.26. The van der Waals surface area contributed by atoms with Crippen LogP contribution in [0.5, 0.6) is 11.5 Å². The van der Waals surface area contributed by atoms with Crippen molar-refractivity contribution < 1.29 is 19.1 Å². The van der Waals surface area contributed by atoms with Gasteiger partial charge in [-0.1, -0.05) is 24.3 Å². The van der Waals surface area contributed by atoms with Crippen molar-refractivity contribution in [3.05, 3.63) is 59.2 Å². The lowest BCUT2D eigenvalue weighted by atomic mass is 10.1. The summed E-state index contributed by atoms with van der Waals surface area (Å²) >= 11 is 0. The van der Waals surface area contributed by atoms with Crippen LogP contribution in [0.1, 0.15) is 47.8 Å². The van der Waals surface area contributed by atoms with Crippen LogP contribution in [0.15, 0.2) is 42.5 Å². The van der Waals surface area contributed by atoms with Gasteiger partial charge in [0.25, 0.3) is 11.8 Å². The molecule has 1 atom stereocenters. The highest BCUT2D eigenvalue weighted by Crippen LogP contribution is 2.36. The van der Waals surface area contributed by atoms with Crippen molar-refractivity contribution in [2.45, 2.75) is 38.8 Å². The SMILES string of the molecule is COc1cc(C(=O)N(C)C2CCc3ccccc32)ccc1OCC(=O)NC(C)C. The molecule has 0 bridgehead atoms. The van der Waals surface area contributed by atoms with Crippen LogP contribution >= 0.6 is 0 Å². The zero-order chi connectivity index (χ0) is 21.0.